The number of anilines is 1. The summed E-state index contributed by atoms with van der Waals surface area (Å²) >= 11 is 0. The maximum atomic E-state index is 12.7. The zero-order chi connectivity index (χ0) is 20.6. The first kappa shape index (κ1) is 20.3. The number of benzene rings is 1. The van der Waals surface area contributed by atoms with Gasteiger partial charge in [0.15, 0.2) is 0 Å². The lowest BCUT2D eigenvalue weighted by atomic mass is 10.2. The predicted molar refractivity (Wildman–Crippen MR) is 99.1 cm³/mol. The van der Waals surface area contributed by atoms with Gasteiger partial charge in [-0.3, -0.25) is 0 Å². The van der Waals surface area contributed by atoms with Crippen LogP contribution in [0.2, 0.25) is 0 Å². The van der Waals surface area contributed by atoms with E-state index in [0.29, 0.717) is 35.0 Å². The second-order valence-electron chi connectivity index (χ2n) is 6.90. The Balaban J connectivity index is 0.000000500. The summed E-state index contributed by atoms with van der Waals surface area (Å²) in [7, 11) is -9.63. The summed E-state index contributed by atoms with van der Waals surface area (Å²) in [6.45, 7) is 4.16. The van der Waals surface area contributed by atoms with Crippen molar-refractivity contribution in [3.8, 4) is 0 Å². The lowest BCUT2D eigenvalue weighted by Crippen LogP contribution is -2.08. The highest BCUT2D eigenvalue weighted by Gasteiger charge is 2.65. The number of nitrogens with one attached hydrogen (secondary N) is 1. The van der Waals surface area contributed by atoms with E-state index in [4.69, 9.17) is 0 Å². The molecule has 0 aliphatic heterocycles. The van der Waals surface area contributed by atoms with Gasteiger partial charge >= 0.3 is 10.2 Å². The molecule has 1 fully saturated rings. The van der Waals surface area contributed by atoms with Gasteiger partial charge < -0.3 is 5.32 Å². The first-order valence-corrected chi connectivity index (χ1v) is 10.5. The molecule has 0 atom stereocenters. The third-order valence-corrected chi connectivity index (χ3v) is 5.25. The van der Waals surface area contributed by atoms with Gasteiger partial charge in [0.2, 0.25) is 0 Å². The average molecular weight is 421 g/mol. The Morgan fingerprint density at radius 1 is 1.11 bits per heavy atom. The van der Waals surface area contributed by atoms with Crippen molar-refractivity contribution in [1.82, 2.24) is 19.6 Å². The minimum Gasteiger partial charge on any atom is -0.366 e. The Labute approximate surface area is 158 Å². The molecule has 1 aliphatic rings. The van der Waals surface area contributed by atoms with Crippen LogP contribution >= 0.6 is 10.2 Å². The number of fused-ring (bicyclic) bond motifs is 1. The van der Waals surface area contributed by atoms with Gasteiger partial charge in [0, 0.05) is 18.3 Å². The third-order valence-electron chi connectivity index (χ3n) is 4.09. The topological polar surface area (TPSA) is 55.1 Å². The van der Waals surface area contributed by atoms with Crippen LogP contribution in [0.25, 0.3) is 5.78 Å². The van der Waals surface area contributed by atoms with Crippen molar-refractivity contribution in [2.24, 2.45) is 5.92 Å². The molecule has 2 heterocycles. The maximum absolute atomic E-state index is 12.7. The van der Waals surface area contributed by atoms with E-state index in [1.54, 1.807) is 13.0 Å². The molecule has 2 aromatic heterocycles. The van der Waals surface area contributed by atoms with E-state index in [2.05, 4.69) is 27.3 Å². The van der Waals surface area contributed by atoms with Crippen LogP contribution in [-0.4, -0.2) is 19.6 Å². The van der Waals surface area contributed by atoms with Gasteiger partial charge in [0.05, 0.1) is 0 Å². The van der Waals surface area contributed by atoms with E-state index in [-0.39, 0.29) is 6.54 Å². The first-order valence-electron chi connectivity index (χ1n) is 8.56. The van der Waals surface area contributed by atoms with Crippen LogP contribution < -0.4 is 5.32 Å². The van der Waals surface area contributed by atoms with Gasteiger partial charge in [-0.15, -0.1) is 0 Å². The van der Waals surface area contributed by atoms with Crippen molar-refractivity contribution < 1.29 is 19.4 Å². The standard InChI is InChI=1S/C13H12F5N5S.C4H8/c1-9-6-12(23-13(22-9)20-8-21-23)19-7-10-2-4-11(5-3-10)24(14,15,16,17)18;1-4-2-3-4/h2-6,8,19H,7H2,1H3;4H,2-3H2,1H3. The van der Waals surface area contributed by atoms with Crippen LogP contribution in [0, 0.1) is 12.8 Å². The van der Waals surface area contributed by atoms with Crippen molar-refractivity contribution in [2.45, 2.75) is 38.1 Å². The van der Waals surface area contributed by atoms with Gasteiger partial charge in [-0.25, -0.2) is 4.98 Å². The molecule has 5 nitrogen and oxygen atoms in total. The number of hydrogen-bond acceptors (Lipinski definition) is 4. The van der Waals surface area contributed by atoms with Crippen molar-refractivity contribution in [3.05, 3.63) is 47.9 Å². The van der Waals surface area contributed by atoms with Crippen LogP contribution in [0.3, 0.4) is 0 Å². The van der Waals surface area contributed by atoms with Gasteiger partial charge in [0.25, 0.3) is 5.78 Å². The minimum atomic E-state index is -9.63. The predicted octanol–water partition coefficient (Wildman–Crippen LogP) is 6.12. The molecule has 0 radical (unpaired) electrons. The van der Waals surface area contributed by atoms with Crippen molar-refractivity contribution >= 4 is 21.8 Å². The Bertz CT molecular complexity index is 982. The van der Waals surface area contributed by atoms with Crippen molar-refractivity contribution in [1.29, 1.82) is 0 Å². The molecule has 0 unspecified atom stereocenters. The Morgan fingerprint density at radius 2 is 1.71 bits per heavy atom. The lowest BCUT2D eigenvalue weighted by molar-refractivity contribution is 0.364. The fourth-order valence-electron chi connectivity index (χ4n) is 2.28. The Morgan fingerprint density at radius 3 is 2.25 bits per heavy atom. The first-order chi connectivity index (χ1) is 12.8. The second kappa shape index (κ2) is 6.29. The molecular weight excluding hydrogens is 401 g/mol. The highest BCUT2D eigenvalue weighted by molar-refractivity contribution is 8.45. The highest BCUT2D eigenvalue weighted by atomic mass is 32.5. The molecule has 0 amide bonds. The summed E-state index contributed by atoms with van der Waals surface area (Å²) < 4.78 is 64.8. The molecule has 1 aliphatic carbocycles. The van der Waals surface area contributed by atoms with Crippen LogP contribution in [0.15, 0.2) is 41.6 Å². The maximum Gasteiger partial charge on any atom is 0.310 e. The number of halogens is 5. The summed E-state index contributed by atoms with van der Waals surface area (Å²) in [6, 6.07) is 4.48. The summed E-state index contributed by atoms with van der Waals surface area (Å²) in [5.74, 6) is 1.99. The molecule has 4 rings (SSSR count). The quantitative estimate of drug-likeness (QED) is 0.516. The molecule has 3 aromatic rings. The van der Waals surface area contributed by atoms with E-state index >= 15 is 0 Å². The molecule has 0 bridgehead atoms. The zero-order valence-corrected chi connectivity index (χ0v) is 16.1. The van der Waals surface area contributed by atoms with Crippen LogP contribution in [0.5, 0.6) is 0 Å². The highest BCUT2D eigenvalue weighted by Crippen LogP contribution is 3.02. The van der Waals surface area contributed by atoms with E-state index < -0.39 is 15.1 Å². The van der Waals surface area contributed by atoms with Crippen LogP contribution in [0.4, 0.5) is 25.2 Å². The molecular formula is C17H20F5N5S. The van der Waals surface area contributed by atoms with Gasteiger partial charge in [-0.2, -0.15) is 14.6 Å². The monoisotopic (exact) mass is 421 g/mol. The summed E-state index contributed by atoms with van der Waals surface area (Å²) in [5, 5.41) is 6.94. The molecule has 11 heteroatoms. The normalized spacial score (nSPS) is 16.7. The fourth-order valence-corrected chi connectivity index (χ4v) is 2.93. The van der Waals surface area contributed by atoms with E-state index in [1.807, 2.05) is 0 Å². The van der Waals surface area contributed by atoms with Gasteiger partial charge in [0.1, 0.15) is 17.0 Å². The third kappa shape index (κ3) is 5.31. The molecule has 154 valence electrons. The van der Waals surface area contributed by atoms with E-state index in [9.17, 15) is 19.4 Å². The molecule has 0 saturated heterocycles. The van der Waals surface area contributed by atoms with Crippen molar-refractivity contribution in [3.63, 3.8) is 0 Å². The van der Waals surface area contributed by atoms with Crippen LogP contribution in [0.1, 0.15) is 31.0 Å². The summed E-state index contributed by atoms with van der Waals surface area (Å²) in [4.78, 5) is 6.19. The average Bonchev–Trinajstić information content (AvgIpc) is 3.20. The summed E-state index contributed by atoms with van der Waals surface area (Å²) in [6.07, 6.45) is 4.29. The second-order valence-corrected chi connectivity index (χ2v) is 9.31. The van der Waals surface area contributed by atoms with Gasteiger partial charge in [-0.1, -0.05) is 51.3 Å². The molecule has 1 aromatic carbocycles. The molecule has 0 spiro atoms. The number of rotatable bonds is 4. The smallest absolute Gasteiger partial charge is 0.310 e. The SMILES string of the molecule is CC1CC1.Cc1cc(NCc2ccc(S(F)(F)(F)(F)F)cc2)n2ncnc2n1. The largest absolute Gasteiger partial charge is 0.366 e. The van der Waals surface area contributed by atoms with E-state index in [1.165, 1.54) is 23.7 Å². The number of aryl methyl sites for hydroxylation is 1. The molecule has 1 N–H and O–H groups in total. The molecule has 28 heavy (non-hydrogen) atoms. The molecule has 1 saturated carbocycles. The summed E-state index contributed by atoms with van der Waals surface area (Å²) in [5.41, 5.74) is 1.08. The number of aromatic nitrogens is 4. The minimum absolute atomic E-state index is 0.124. The van der Waals surface area contributed by atoms with Crippen LogP contribution in [-0.2, 0) is 6.54 Å². The zero-order valence-electron chi connectivity index (χ0n) is 15.2. The lowest BCUT2D eigenvalue weighted by Gasteiger charge is -2.40. The Kier molecular flexibility index (Phi) is 4.56. The number of nitrogens with zero attached hydrogens (tertiary/aromatic N) is 4. The fraction of sp³-hybridized carbons (Fsp3) is 0.353. The van der Waals surface area contributed by atoms with Crippen molar-refractivity contribution in [2.75, 3.05) is 5.32 Å². The Hall–Kier alpha value is -2.43. The number of hydrogen-bond donors (Lipinski definition) is 1. The van der Waals surface area contributed by atoms with E-state index in [0.717, 1.165) is 18.1 Å². The van der Waals surface area contributed by atoms with Gasteiger partial charge in [-0.05, 0) is 30.5 Å².